The van der Waals surface area contributed by atoms with Crippen molar-refractivity contribution in [2.24, 2.45) is 0 Å². The lowest BCUT2D eigenvalue weighted by molar-refractivity contribution is -0.122. The Balaban J connectivity index is 1.66. The maximum absolute atomic E-state index is 12.6. The molecule has 0 saturated carbocycles. The Morgan fingerprint density at radius 1 is 0.933 bits per heavy atom. The molecule has 0 aliphatic heterocycles. The van der Waals surface area contributed by atoms with Crippen LogP contribution in [-0.4, -0.2) is 33.9 Å². The van der Waals surface area contributed by atoms with Crippen LogP contribution in [0.5, 0.6) is 0 Å². The van der Waals surface area contributed by atoms with Gasteiger partial charge in [-0.2, -0.15) is 0 Å². The molecule has 3 aromatic rings. The van der Waals surface area contributed by atoms with E-state index in [1.54, 1.807) is 48.7 Å². The summed E-state index contributed by atoms with van der Waals surface area (Å²) in [5.74, 6) is 5.37. The Kier molecular flexibility index (Phi) is 7.09. The zero-order chi connectivity index (χ0) is 21.3. The molecule has 5 heteroatoms. The van der Waals surface area contributed by atoms with Crippen LogP contribution in [0.1, 0.15) is 34.1 Å². The van der Waals surface area contributed by atoms with Crippen molar-refractivity contribution in [2.45, 2.75) is 25.5 Å². The third-order valence-corrected chi connectivity index (χ3v) is 4.47. The molecule has 1 amide bonds. The molecule has 150 valence electrons. The molecule has 0 fully saturated rings. The molecule has 0 unspecified atom stereocenters. The maximum Gasteiger partial charge on any atom is 0.251 e. The number of nitrogens with zero attached hydrogens (tertiary/aromatic N) is 1. The van der Waals surface area contributed by atoms with Gasteiger partial charge < -0.3 is 10.4 Å². The monoisotopic (exact) mass is 398 g/mol. The average molecular weight is 398 g/mol. The first-order chi connectivity index (χ1) is 14.5. The number of pyridine rings is 1. The molecule has 2 aromatic carbocycles. The van der Waals surface area contributed by atoms with E-state index >= 15 is 0 Å². The van der Waals surface area contributed by atoms with E-state index in [9.17, 15) is 14.7 Å². The minimum atomic E-state index is -1.03. The van der Waals surface area contributed by atoms with E-state index < -0.39 is 18.1 Å². The first kappa shape index (κ1) is 21.0. The number of carbonyl (C=O) groups excluding carboxylic acids is 2. The van der Waals surface area contributed by atoms with E-state index in [0.29, 0.717) is 11.3 Å². The van der Waals surface area contributed by atoms with Crippen LogP contribution in [0.4, 0.5) is 0 Å². The van der Waals surface area contributed by atoms with Gasteiger partial charge in [-0.05, 0) is 55.5 Å². The number of aliphatic hydroxyl groups excluding tert-OH is 1. The summed E-state index contributed by atoms with van der Waals surface area (Å²) >= 11 is 0. The summed E-state index contributed by atoms with van der Waals surface area (Å²) in [6, 6.07) is 20.7. The first-order valence-electron chi connectivity index (χ1n) is 9.61. The normalized spacial score (nSPS) is 12.2. The lowest BCUT2D eigenvalue weighted by Gasteiger charge is -2.20. The van der Waals surface area contributed by atoms with E-state index in [4.69, 9.17) is 0 Å². The SMILES string of the molecule is C[C@@H](O)[C@H](NC(=O)c1ccc(C#Cc2ccccc2)cc1)C(=O)Cc1ccccn1. The van der Waals surface area contributed by atoms with Crippen molar-refractivity contribution in [1.29, 1.82) is 0 Å². The lowest BCUT2D eigenvalue weighted by Crippen LogP contribution is -2.48. The molecule has 0 aliphatic rings. The molecular weight excluding hydrogens is 376 g/mol. The quantitative estimate of drug-likeness (QED) is 0.626. The topological polar surface area (TPSA) is 79.3 Å². The van der Waals surface area contributed by atoms with E-state index in [0.717, 1.165) is 11.1 Å². The fourth-order valence-corrected chi connectivity index (χ4v) is 2.86. The number of ketones is 1. The molecule has 0 spiro atoms. The lowest BCUT2D eigenvalue weighted by atomic mass is 10.0. The highest BCUT2D eigenvalue weighted by molar-refractivity contribution is 5.98. The van der Waals surface area contributed by atoms with Crippen molar-refractivity contribution in [3.05, 3.63) is 101 Å². The molecule has 30 heavy (non-hydrogen) atoms. The van der Waals surface area contributed by atoms with E-state index in [2.05, 4.69) is 22.1 Å². The van der Waals surface area contributed by atoms with Gasteiger partial charge >= 0.3 is 0 Å². The molecule has 0 saturated heterocycles. The Hall–Kier alpha value is -3.75. The molecule has 3 rings (SSSR count). The van der Waals surface area contributed by atoms with Crippen molar-refractivity contribution in [1.82, 2.24) is 10.3 Å². The number of nitrogens with one attached hydrogen (secondary N) is 1. The van der Waals surface area contributed by atoms with Crippen LogP contribution in [0.2, 0.25) is 0 Å². The predicted octanol–water partition coefficient (Wildman–Crippen LogP) is 2.77. The average Bonchev–Trinajstić information content (AvgIpc) is 2.77. The standard InChI is InChI=1S/C25H22N2O3/c1-18(28)24(23(29)17-22-9-5-6-16-26-22)27-25(30)21-14-12-20(13-15-21)11-10-19-7-3-2-4-8-19/h2-9,12-16,18,24,28H,17H2,1H3,(H,27,30)/t18-,24+/m1/s1. The van der Waals surface area contributed by atoms with Gasteiger partial charge in [0.05, 0.1) is 12.5 Å². The van der Waals surface area contributed by atoms with Gasteiger partial charge in [-0.15, -0.1) is 0 Å². The number of rotatable bonds is 6. The number of benzene rings is 2. The number of aliphatic hydroxyl groups is 1. The largest absolute Gasteiger partial charge is 0.391 e. The third-order valence-electron chi connectivity index (χ3n) is 4.47. The second-order valence-corrected chi connectivity index (χ2v) is 6.85. The highest BCUT2D eigenvalue weighted by Crippen LogP contribution is 2.07. The minimum absolute atomic E-state index is 0.0324. The zero-order valence-corrected chi connectivity index (χ0v) is 16.6. The second kappa shape index (κ2) is 10.1. The molecule has 0 radical (unpaired) electrons. The summed E-state index contributed by atoms with van der Waals surface area (Å²) in [7, 11) is 0. The molecule has 2 atom stereocenters. The van der Waals surface area contributed by atoms with Gasteiger partial charge in [0.25, 0.3) is 5.91 Å². The summed E-state index contributed by atoms with van der Waals surface area (Å²) in [4.78, 5) is 29.3. The Morgan fingerprint density at radius 3 is 2.17 bits per heavy atom. The van der Waals surface area contributed by atoms with Gasteiger partial charge in [0.1, 0.15) is 6.04 Å². The summed E-state index contributed by atoms with van der Waals surface area (Å²) in [5, 5.41) is 12.6. The van der Waals surface area contributed by atoms with Gasteiger partial charge in [0.15, 0.2) is 5.78 Å². The smallest absolute Gasteiger partial charge is 0.251 e. The van der Waals surface area contributed by atoms with Crippen molar-refractivity contribution < 1.29 is 14.7 Å². The molecule has 5 nitrogen and oxygen atoms in total. The fourth-order valence-electron chi connectivity index (χ4n) is 2.86. The molecule has 1 aromatic heterocycles. The highest BCUT2D eigenvalue weighted by atomic mass is 16.3. The maximum atomic E-state index is 12.6. The second-order valence-electron chi connectivity index (χ2n) is 6.85. The van der Waals surface area contributed by atoms with Crippen LogP contribution in [0.25, 0.3) is 0 Å². The van der Waals surface area contributed by atoms with Crippen molar-refractivity contribution in [2.75, 3.05) is 0 Å². The zero-order valence-electron chi connectivity index (χ0n) is 16.6. The fraction of sp³-hybridized carbons (Fsp3) is 0.160. The van der Waals surface area contributed by atoms with Crippen molar-refractivity contribution in [3.63, 3.8) is 0 Å². The summed E-state index contributed by atoms with van der Waals surface area (Å²) in [6.45, 7) is 1.48. The van der Waals surface area contributed by atoms with E-state index in [-0.39, 0.29) is 12.2 Å². The van der Waals surface area contributed by atoms with Crippen LogP contribution >= 0.6 is 0 Å². The molecular formula is C25H22N2O3. The van der Waals surface area contributed by atoms with E-state index in [1.165, 1.54) is 6.92 Å². The van der Waals surface area contributed by atoms with Gasteiger partial charge in [0.2, 0.25) is 0 Å². The number of hydrogen-bond donors (Lipinski definition) is 2. The highest BCUT2D eigenvalue weighted by Gasteiger charge is 2.26. The van der Waals surface area contributed by atoms with E-state index in [1.807, 2.05) is 30.3 Å². The molecule has 2 N–H and O–H groups in total. The Labute approximate surface area is 175 Å². The summed E-state index contributed by atoms with van der Waals surface area (Å²) in [5.41, 5.74) is 2.65. The minimum Gasteiger partial charge on any atom is -0.391 e. The van der Waals surface area contributed by atoms with Crippen LogP contribution in [-0.2, 0) is 11.2 Å². The number of Topliss-reactive ketones (excluding diaryl/α,β-unsaturated/α-hetero) is 1. The van der Waals surface area contributed by atoms with Crippen molar-refractivity contribution >= 4 is 11.7 Å². The molecule has 1 heterocycles. The van der Waals surface area contributed by atoms with Crippen LogP contribution in [0.15, 0.2) is 79.0 Å². The van der Waals surface area contributed by atoms with Gasteiger partial charge in [-0.25, -0.2) is 0 Å². The van der Waals surface area contributed by atoms with Crippen molar-refractivity contribution in [3.8, 4) is 11.8 Å². The Bertz CT molecular complexity index is 1050. The van der Waals surface area contributed by atoms with Gasteiger partial charge in [-0.1, -0.05) is 36.1 Å². The first-order valence-corrected chi connectivity index (χ1v) is 9.61. The number of carbonyl (C=O) groups is 2. The van der Waals surface area contributed by atoms with Crippen LogP contribution in [0.3, 0.4) is 0 Å². The number of amides is 1. The van der Waals surface area contributed by atoms with Gasteiger partial charge in [0, 0.05) is 28.6 Å². The molecule has 0 aliphatic carbocycles. The predicted molar refractivity (Wildman–Crippen MR) is 115 cm³/mol. The summed E-state index contributed by atoms with van der Waals surface area (Å²) in [6.07, 6.45) is 0.604. The van der Waals surface area contributed by atoms with Crippen LogP contribution in [0, 0.1) is 11.8 Å². The van der Waals surface area contributed by atoms with Crippen LogP contribution < -0.4 is 5.32 Å². The van der Waals surface area contributed by atoms with Gasteiger partial charge in [-0.3, -0.25) is 14.6 Å². The Morgan fingerprint density at radius 2 is 1.57 bits per heavy atom. The number of hydrogen-bond acceptors (Lipinski definition) is 4. The number of aromatic nitrogens is 1. The molecule has 0 bridgehead atoms. The summed E-state index contributed by atoms with van der Waals surface area (Å²) < 4.78 is 0. The third kappa shape index (κ3) is 5.87.